The SMILES string of the molecule is C#CCNC(=O)CC[C@H](NC(=O)OC(C)(C)C)C(=O)OC(C)(C)C. The molecule has 2 amide bonds. The molecule has 0 aliphatic rings. The molecule has 24 heavy (non-hydrogen) atoms. The highest BCUT2D eigenvalue weighted by atomic mass is 16.6. The van der Waals surface area contributed by atoms with E-state index >= 15 is 0 Å². The Hall–Kier alpha value is -2.23. The molecule has 2 N–H and O–H groups in total. The lowest BCUT2D eigenvalue weighted by Gasteiger charge is -2.26. The van der Waals surface area contributed by atoms with Gasteiger partial charge in [0.1, 0.15) is 17.2 Å². The molecule has 0 spiro atoms. The number of ether oxygens (including phenoxy) is 2. The van der Waals surface area contributed by atoms with Crippen LogP contribution in [0.15, 0.2) is 0 Å². The molecule has 7 nitrogen and oxygen atoms in total. The topological polar surface area (TPSA) is 93.7 Å². The van der Waals surface area contributed by atoms with Gasteiger partial charge in [-0.25, -0.2) is 9.59 Å². The Morgan fingerprint density at radius 1 is 1.04 bits per heavy atom. The highest BCUT2D eigenvalue weighted by Crippen LogP contribution is 2.12. The summed E-state index contributed by atoms with van der Waals surface area (Å²) in [5, 5.41) is 4.95. The summed E-state index contributed by atoms with van der Waals surface area (Å²) in [5.41, 5.74) is -1.41. The number of terminal acetylenes is 1. The number of amides is 2. The Morgan fingerprint density at radius 2 is 1.58 bits per heavy atom. The molecule has 0 aromatic carbocycles. The molecule has 136 valence electrons. The fourth-order valence-electron chi connectivity index (χ4n) is 1.59. The van der Waals surface area contributed by atoms with Crippen molar-refractivity contribution in [3.63, 3.8) is 0 Å². The highest BCUT2D eigenvalue weighted by Gasteiger charge is 2.29. The van der Waals surface area contributed by atoms with E-state index in [-0.39, 0.29) is 25.3 Å². The first-order chi connectivity index (χ1) is 10.8. The van der Waals surface area contributed by atoms with Crippen LogP contribution in [0.4, 0.5) is 4.79 Å². The van der Waals surface area contributed by atoms with Gasteiger partial charge in [-0.15, -0.1) is 6.42 Å². The Balaban J connectivity index is 4.83. The lowest BCUT2D eigenvalue weighted by molar-refractivity contribution is -0.157. The quantitative estimate of drug-likeness (QED) is 0.567. The number of carbonyl (C=O) groups excluding carboxylic acids is 3. The monoisotopic (exact) mass is 340 g/mol. The van der Waals surface area contributed by atoms with Crippen molar-refractivity contribution in [1.82, 2.24) is 10.6 Å². The second-order valence-electron chi connectivity index (χ2n) is 7.25. The lowest BCUT2D eigenvalue weighted by atomic mass is 10.1. The third-order valence-corrected chi connectivity index (χ3v) is 2.43. The molecule has 7 heteroatoms. The fraction of sp³-hybridized carbons (Fsp3) is 0.706. The smallest absolute Gasteiger partial charge is 0.408 e. The van der Waals surface area contributed by atoms with Crippen LogP contribution in [0.1, 0.15) is 54.4 Å². The Labute approximate surface area is 143 Å². The van der Waals surface area contributed by atoms with Crippen molar-refractivity contribution in [2.45, 2.75) is 71.6 Å². The summed E-state index contributed by atoms with van der Waals surface area (Å²) < 4.78 is 10.4. The molecular formula is C17H28N2O5. The predicted octanol–water partition coefficient (Wildman–Crippen LogP) is 1.75. The standard InChI is InChI=1S/C17H28N2O5/c1-8-11-18-13(20)10-9-12(14(21)23-16(2,3)4)19-15(22)24-17(5,6)7/h1,12H,9-11H2,2-7H3,(H,18,20)(H,19,22)/t12-/m0/s1. The van der Waals surface area contributed by atoms with Gasteiger partial charge in [0.25, 0.3) is 0 Å². The first-order valence-electron chi connectivity index (χ1n) is 7.76. The summed E-state index contributed by atoms with van der Waals surface area (Å²) >= 11 is 0. The van der Waals surface area contributed by atoms with Crippen LogP contribution in [0.3, 0.4) is 0 Å². The third kappa shape index (κ3) is 11.4. The highest BCUT2D eigenvalue weighted by molar-refractivity contribution is 5.83. The molecule has 0 saturated carbocycles. The minimum Gasteiger partial charge on any atom is -0.458 e. The number of hydrogen-bond acceptors (Lipinski definition) is 5. The molecule has 0 fully saturated rings. The predicted molar refractivity (Wildman–Crippen MR) is 90.1 cm³/mol. The van der Waals surface area contributed by atoms with Crippen molar-refractivity contribution in [2.24, 2.45) is 0 Å². The molecule has 0 aromatic rings. The molecule has 0 unspecified atom stereocenters. The van der Waals surface area contributed by atoms with Gasteiger partial charge in [0.2, 0.25) is 5.91 Å². The first-order valence-corrected chi connectivity index (χ1v) is 7.76. The molecule has 0 aliphatic heterocycles. The van der Waals surface area contributed by atoms with Crippen LogP contribution in [0.25, 0.3) is 0 Å². The Morgan fingerprint density at radius 3 is 2.04 bits per heavy atom. The zero-order valence-corrected chi connectivity index (χ0v) is 15.3. The number of rotatable bonds is 6. The van der Waals surface area contributed by atoms with E-state index in [9.17, 15) is 14.4 Å². The van der Waals surface area contributed by atoms with Crippen LogP contribution in [0, 0.1) is 12.3 Å². The number of carbonyl (C=O) groups is 3. The summed E-state index contributed by atoms with van der Waals surface area (Å²) in [6.45, 7) is 10.4. The van der Waals surface area contributed by atoms with Crippen LogP contribution in [0.5, 0.6) is 0 Å². The summed E-state index contributed by atoms with van der Waals surface area (Å²) in [6, 6.07) is -0.990. The molecule has 0 saturated heterocycles. The van der Waals surface area contributed by atoms with E-state index in [1.165, 1.54) is 0 Å². The normalized spacial score (nSPS) is 12.5. The van der Waals surface area contributed by atoms with E-state index in [4.69, 9.17) is 15.9 Å². The van der Waals surface area contributed by atoms with Crippen molar-refractivity contribution in [1.29, 1.82) is 0 Å². The molecule has 0 radical (unpaired) electrons. The zero-order valence-electron chi connectivity index (χ0n) is 15.3. The average molecular weight is 340 g/mol. The van der Waals surface area contributed by atoms with E-state index in [1.54, 1.807) is 41.5 Å². The molecule has 0 bridgehead atoms. The fourth-order valence-corrected chi connectivity index (χ4v) is 1.59. The Bertz CT molecular complexity index is 495. The van der Waals surface area contributed by atoms with Crippen molar-refractivity contribution < 1.29 is 23.9 Å². The Kier molecular flexibility index (Phi) is 8.31. The van der Waals surface area contributed by atoms with Gasteiger partial charge < -0.3 is 20.1 Å². The van der Waals surface area contributed by atoms with Gasteiger partial charge in [0.05, 0.1) is 6.54 Å². The van der Waals surface area contributed by atoms with Crippen molar-refractivity contribution in [3.8, 4) is 12.3 Å². The minimum absolute atomic E-state index is 0.0153. The number of hydrogen-bond donors (Lipinski definition) is 2. The number of nitrogens with one attached hydrogen (secondary N) is 2. The van der Waals surface area contributed by atoms with Crippen LogP contribution in [0.2, 0.25) is 0 Å². The number of alkyl carbamates (subject to hydrolysis) is 1. The maximum atomic E-state index is 12.2. The maximum absolute atomic E-state index is 12.2. The molecule has 0 heterocycles. The van der Waals surface area contributed by atoms with Crippen LogP contribution in [-0.4, -0.2) is 41.8 Å². The lowest BCUT2D eigenvalue weighted by Crippen LogP contribution is -2.46. The summed E-state index contributed by atoms with van der Waals surface area (Å²) in [4.78, 5) is 35.7. The van der Waals surface area contributed by atoms with Crippen LogP contribution in [-0.2, 0) is 19.1 Å². The molecular weight excluding hydrogens is 312 g/mol. The van der Waals surface area contributed by atoms with Gasteiger partial charge in [-0.3, -0.25) is 4.79 Å². The third-order valence-electron chi connectivity index (χ3n) is 2.43. The summed E-state index contributed by atoms with van der Waals surface area (Å²) in [7, 11) is 0. The second kappa shape index (κ2) is 9.16. The van der Waals surface area contributed by atoms with E-state index in [0.717, 1.165) is 0 Å². The van der Waals surface area contributed by atoms with Gasteiger partial charge in [-0.05, 0) is 48.0 Å². The first kappa shape index (κ1) is 21.8. The van der Waals surface area contributed by atoms with Gasteiger partial charge in [-0.2, -0.15) is 0 Å². The summed E-state index contributed by atoms with van der Waals surface area (Å²) in [6.07, 6.45) is 4.40. The van der Waals surface area contributed by atoms with Gasteiger partial charge in [0, 0.05) is 6.42 Å². The second-order valence-corrected chi connectivity index (χ2v) is 7.25. The van der Waals surface area contributed by atoms with E-state index < -0.39 is 29.3 Å². The van der Waals surface area contributed by atoms with Gasteiger partial charge in [-0.1, -0.05) is 5.92 Å². The molecule has 0 aliphatic carbocycles. The van der Waals surface area contributed by atoms with Gasteiger partial charge >= 0.3 is 12.1 Å². The molecule has 1 atom stereocenters. The van der Waals surface area contributed by atoms with Crippen LogP contribution >= 0.6 is 0 Å². The minimum atomic E-state index is -0.990. The number of esters is 1. The zero-order chi connectivity index (χ0) is 19.0. The van der Waals surface area contributed by atoms with Crippen molar-refractivity contribution in [2.75, 3.05) is 6.54 Å². The van der Waals surface area contributed by atoms with E-state index in [2.05, 4.69) is 16.6 Å². The van der Waals surface area contributed by atoms with E-state index in [0.29, 0.717) is 0 Å². The summed E-state index contributed by atoms with van der Waals surface area (Å²) in [5.74, 6) is 1.35. The molecule has 0 aromatic heterocycles. The van der Waals surface area contributed by atoms with Crippen molar-refractivity contribution >= 4 is 18.0 Å². The maximum Gasteiger partial charge on any atom is 0.408 e. The average Bonchev–Trinajstić information content (AvgIpc) is 2.36. The van der Waals surface area contributed by atoms with Gasteiger partial charge in [0.15, 0.2) is 0 Å². The van der Waals surface area contributed by atoms with E-state index in [1.807, 2.05) is 0 Å². The molecule has 0 rings (SSSR count). The van der Waals surface area contributed by atoms with Crippen molar-refractivity contribution in [3.05, 3.63) is 0 Å². The largest absolute Gasteiger partial charge is 0.458 e. The van der Waals surface area contributed by atoms with Crippen LogP contribution < -0.4 is 10.6 Å².